The SMILES string of the molecule is N#CCc1ccc(NC(=O)Cn2nnnc2CCc2ccccc2)cc1. The van der Waals surface area contributed by atoms with Gasteiger partial charge in [0.2, 0.25) is 5.91 Å². The van der Waals surface area contributed by atoms with Crippen LogP contribution in [0, 0.1) is 11.3 Å². The lowest BCUT2D eigenvalue weighted by molar-refractivity contribution is -0.117. The minimum absolute atomic E-state index is 0.0526. The van der Waals surface area contributed by atoms with Crippen molar-refractivity contribution in [3.05, 3.63) is 71.5 Å². The number of carbonyl (C=O) groups excluding carboxylic acids is 1. The predicted molar refractivity (Wildman–Crippen MR) is 96.1 cm³/mol. The number of rotatable bonds is 7. The number of hydrogen-bond donors (Lipinski definition) is 1. The van der Waals surface area contributed by atoms with Crippen molar-refractivity contribution in [1.29, 1.82) is 5.26 Å². The zero-order chi connectivity index (χ0) is 18.2. The van der Waals surface area contributed by atoms with E-state index in [0.29, 0.717) is 24.4 Å². The van der Waals surface area contributed by atoms with Crippen LogP contribution in [-0.4, -0.2) is 26.1 Å². The summed E-state index contributed by atoms with van der Waals surface area (Å²) in [5, 5.41) is 23.1. The number of anilines is 1. The molecule has 7 heteroatoms. The van der Waals surface area contributed by atoms with Gasteiger partial charge in [-0.25, -0.2) is 4.68 Å². The third-order valence-corrected chi connectivity index (χ3v) is 3.90. The second-order valence-electron chi connectivity index (χ2n) is 5.82. The summed E-state index contributed by atoms with van der Waals surface area (Å²) in [5.74, 6) is 0.472. The van der Waals surface area contributed by atoms with Crippen molar-refractivity contribution in [2.45, 2.75) is 25.8 Å². The Morgan fingerprint density at radius 3 is 2.54 bits per heavy atom. The molecule has 0 aliphatic heterocycles. The topological polar surface area (TPSA) is 96.5 Å². The molecule has 2 aromatic carbocycles. The summed E-state index contributed by atoms with van der Waals surface area (Å²) in [7, 11) is 0. The van der Waals surface area contributed by atoms with Gasteiger partial charge in [0, 0.05) is 12.1 Å². The van der Waals surface area contributed by atoms with Gasteiger partial charge in [0.1, 0.15) is 6.54 Å². The number of nitrogens with zero attached hydrogens (tertiary/aromatic N) is 5. The van der Waals surface area contributed by atoms with E-state index in [9.17, 15) is 4.79 Å². The first kappa shape index (κ1) is 17.3. The Bertz CT molecular complexity index is 896. The van der Waals surface area contributed by atoms with Crippen molar-refractivity contribution in [2.75, 3.05) is 5.32 Å². The molecule has 1 N–H and O–H groups in total. The van der Waals surface area contributed by atoms with Crippen LogP contribution in [0.5, 0.6) is 0 Å². The highest BCUT2D eigenvalue weighted by Gasteiger charge is 2.11. The molecule has 0 aliphatic carbocycles. The first-order chi connectivity index (χ1) is 12.7. The van der Waals surface area contributed by atoms with Crippen LogP contribution in [0.15, 0.2) is 54.6 Å². The molecule has 0 spiro atoms. The van der Waals surface area contributed by atoms with E-state index < -0.39 is 0 Å². The summed E-state index contributed by atoms with van der Waals surface area (Å²) < 4.78 is 1.52. The molecule has 130 valence electrons. The minimum atomic E-state index is -0.203. The van der Waals surface area contributed by atoms with Gasteiger partial charge < -0.3 is 5.32 Å². The van der Waals surface area contributed by atoms with Gasteiger partial charge in [-0.3, -0.25) is 4.79 Å². The Hall–Kier alpha value is -3.53. The van der Waals surface area contributed by atoms with Gasteiger partial charge in [-0.2, -0.15) is 5.26 Å². The largest absolute Gasteiger partial charge is 0.324 e. The van der Waals surface area contributed by atoms with Gasteiger partial charge in [0.25, 0.3) is 0 Å². The zero-order valence-electron chi connectivity index (χ0n) is 14.2. The fourth-order valence-corrected chi connectivity index (χ4v) is 2.56. The summed E-state index contributed by atoms with van der Waals surface area (Å²) >= 11 is 0. The Morgan fingerprint density at radius 1 is 1.04 bits per heavy atom. The quantitative estimate of drug-likeness (QED) is 0.707. The molecular weight excluding hydrogens is 328 g/mol. The van der Waals surface area contributed by atoms with Crippen molar-refractivity contribution in [2.24, 2.45) is 0 Å². The fraction of sp³-hybridized carbons (Fsp3) is 0.211. The van der Waals surface area contributed by atoms with Crippen LogP contribution in [0.1, 0.15) is 17.0 Å². The van der Waals surface area contributed by atoms with E-state index in [2.05, 4.69) is 39.0 Å². The summed E-state index contributed by atoms with van der Waals surface area (Å²) in [6.07, 6.45) is 1.82. The van der Waals surface area contributed by atoms with E-state index in [1.807, 2.05) is 30.3 Å². The second kappa shape index (κ2) is 8.53. The average molecular weight is 346 g/mol. The summed E-state index contributed by atoms with van der Waals surface area (Å²) in [6, 6.07) is 19.4. The molecule has 0 bridgehead atoms. The Kier molecular flexibility index (Phi) is 5.68. The number of carbonyl (C=O) groups is 1. The van der Waals surface area contributed by atoms with Crippen LogP contribution in [0.3, 0.4) is 0 Å². The fourth-order valence-electron chi connectivity index (χ4n) is 2.56. The highest BCUT2D eigenvalue weighted by atomic mass is 16.2. The first-order valence-corrected chi connectivity index (χ1v) is 8.29. The molecule has 0 unspecified atom stereocenters. The molecule has 26 heavy (non-hydrogen) atoms. The number of nitrogens with one attached hydrogen (secondary N) is 1. The van der Waals surface area contributed by atoms with Gasteiger partial charge in [-0.15, -0.1) is 5.10 Å². The molecule has 1 aromatic heterocycles. The average Bonchev–Trinajstić information content (AvgIpc) is 3.09. The summed E-state index contributed by atoms with van der Waals surface area (Å²) in [6.45, 7) is 0.0526. The number of hydrogen-bond acceptors (Lipinski definition) is 5. The van der Waals surface area contributed by atoms with E-state index in [4.69, 9.17) is 5.26 Å². The number of nitriles is 1. The number of aromatic nitrogens is 4. The molecule has 0 atom stereocenters. The number of aryl methyl sites for hydroxylation is 2. The molecule has 7 nitrogen and oxygen atoms in total. The number of tetrazole rings is 1. The lowest BCUT2D eigenvalue weighted by Gasteiger charge is -2.07. The van der Waals surface area contributed by atoms with Crippen molar-refractivity contribution < 1.29 is 4.79 Å². The third kappa shape index (κ3) is 4.74. The monoisotopic (exact) mass is 346 g/mol. The summed E-state index contributed by atoms with van der Waals surface area (Å²) in [4.78, 5) is 12.2. The molecule has 3 rings (SSSR count). The van der Waals surface area contributed by atoms with Crippen molar-refractivity contribution in [3.8, 4) is 6.07 Å². The predicted octanol–water partition coefficient (Wildman–Crippen LogP) is 2.16. The molecular formula is C19H18N6O. The van der Waals surface area contributed by atoms with Crippen molar-refractivity contribution in [3.63, 3.8) is 0 Å². The van der Waals surface area contributed by atoms with Gasteiger partial charge in [0.05, 0.1) is 12.5 Å². The van der Waals surface area contributed by atoms with E-state index in [0.717, 1.165) is 12.0 Å². The zero-order valence-corrected chi connectivity index (χ0v) is 14.2. The standard InChI is InChI=1S/C19H18N6O/c20-13-12-16-6-9-17(10-7-16)21-19(26)14-25-18(22-23-24-25)11-8-15-4-2-1-3-5-15/h1-7,9-10H,8,11-12,14H2,(H,21,26). The van der Waals surface area contributed by atoms with E-state index in [1.54, 1.807) is 12.1 Å². The van der Waals surface area contributed by atoms with E-state index >= 15 is 0 Å². The molecule has 3 aromatic rings. The molecule has 0 radical (unpaired) electrons. The van der Waals surface area contributed by atoms with Gasteiger partial charge in [0.15, 0.2) is 5.82 Å². The summed E-state index contributed by atoms with van der Waals surface area (Å²) in [5.41, 5.74) is 2.79. The van der Waals surface area contributed by atoms with Gasteiger partial charge >= 0.3 is 0 Å². The third-order valence-electron chi connectivity index (χ3n) is 3.90. The van der Waals surface area contributed by atoms with Crippen LogP contribution in [0.25, 0.3) is 0 Å². The van der Waals surface area contributed by atoms with Crippen LogP contribution in [-0.2, 0) is 30.6 Å². The van der Waals surface area contributed by atoms with Gasteiger partial charge in [-0.1, -0.05) is 42.5 Å². The number of benzene rings is 2. The Balaban J connectivity index is 1.56. The van der Waals surface area contributed by atoms with Crippen LogP contribution in [0.4, 0.5) is 5.69 Å². The molecule has 0 saturated heterocycles. The van der Waals surface area contributed by atoms with Crippen molar-refractivity contribution in [1.82, 2.24) is 20.2 Å². The van der Waals surface area contributed by atoms with Crippen LogP contribution < -0.4 is 5.32 Å². The maximum atomic E-state index is 12.2. The number of amides is 1. The normalized spacial score (nSPS) is 10.3. The maximum absolute atomic E-state index is 12.2. The minimum Gasteiger partial charge on any atom is -0.324 e. The molecule has 0 aliphatic rings. The molecule has 0 fully saturated rings. The first-order valence-electron chi connectivity index (χ1n) is 8.29. The van der Waals surface area contributed by atoms with Crippen LogP contribution >= 0.6 is 0 Å². The maximum Gasteiger partial charge on any atom is 0.246 e. The highest BCUT2D eigenvalue weighted by molar-refractivity contribution is 5.90. The van der Waals surface area contributed by atoms with Crippen LogP contribution in [0.2, 0.25) is 0 Å². The Labute approximate surface area is 151 Å². The molecule has 0 saturated carbocycles. The highest BCUT2D eigenvalue weighted by Crippen LogP contribution is 2.10. The van der Waals surface area contributed by atoms with E-state index in [-0.39, 0.29) is 12.5 Å². The smallest absolute Gasteiger partial charge is 0.246 e. The molecule has 1 amide bonds. The second-order valence-corrected chi connectivity index (χ2v) is 5.82. The lowest BCUT2D eigenvalue weighted by Crippen LogP contribution is -2.21. The Morgan fingerprint density at radius 2 is 1.81 bits per heavy atom. The molecule has 1 heterocycles. The van der Waals surface area contributed by atoms with E-state index in [1.165, 1.54) is 10.2 Å². The van der Waals surface area contributed by atoms with Gasteiger partial charge in [-0.05, 0) is 40.1 Å². The van der Waals surface area contributed by atoms with Crippen molar-refractivity contribution >= 4 is 11.6 Å². The lowest BCUT2D eigenvalue weighted by atomic mass is 10.1.